The van der Waals surface area contributed by atoms with Crippen molar-refractivity contribution in [3.8, 4) is 0 Å². The van der Waals surface area contributed by atoms with E-state index in [1.165, 1.54) is 11.1 Å². The molecule has 1 aliphatic heterocycles. The predicted octanol–water partition coefficient (Wildman–Crippen LogP) is 5.15. The average molecular weight is 334 g/mol. The van der Waals surface area contributed by atoms with Gasteiger partial charge in [-0.15, -0.1) is 0 Å². The van der Waals surface area contributed by atoms with Crippen LogP contribution in [0.2, 0.25) is 13.1 Å². The van der Waals surface area contributed by atoms with Crippen LogP contribution in [-0.4, -0.2) is 8.07 Å². The van der Waals surface area contributed by atoms with Gasteiger partial charge in [0.2, 0.25) is 0 Å². The van der Waals surface area contributed by atoms with E-state index >= 15 is 0 Å². The Balaban J connectivity index is 1.71. The Bertz CT molecular complexity index is 790. The Kier molecular flexibility index (Phi) is 2.69. The van der Waals surface area contributed by atoms with Gasteiger partial charge in [0.05, 0.1) is 0 Å². The molecule has 106 valence electrons. The summed E-state index contributed by atoms with van der Waals surface area (Å²) in [6.07, 6.45) is 5.10. The minimum atomic E-state index is -1.49. The number of hydrogen-bond acceptors (Lipinski definition) is 0. The molecule has 22 heavy (non-hydrogen) atoms. The van der Waals surface area contributed by atoms with Gasteiger partial charge < -0.3 is 0 Å². The molecule has 1 heterocycles. The second-order valence-corrected chi connectivity index (χ2v) is 13.8. The average Bonchev–Trinajstić information content (AvgIpc) is 3.08. The molecule has 0 saturated carbocycles. The van der Waals surface area contributed by atoms with Crippen LogP contribution < -0.4 is 0 Å². The summed E-state index contributed by atoms with van der Waals surface area (Å²) in [5.74, 6) is 0. The van der Waals surface area contributed by atoms with Gasteiger partial charge >= 0.3 is 142 Å². The third-order valence-electron chi connectivity index (χ3n) is 5.63. The number of hydrogen-bond donors (Lipinski definition) is 0. The Labute approximate surface area is 141 Å². The fourth-order valence-electron chi connectivity index (χ4n) is 4.42. The Morgan fingerprint density at radius 2 is 1.18 bits per heavy atom. The first-order chi connectivity index (χ1) is 10.7. The number of rotatable bonds is 0. The van der Waals surface area contributed by atoms with Crippen LogP contribution in [-0.2, 0) is 19.2 Å². The molecule has 1 saturated heterocycles. The van der Waals surface area contributed by atoms with E-state index in [0.29, 0.717) is 0 Å². The van der Waals surface area contributed by atoms with E-state index in [0.717, 1.165) is 8.45 Å². The maximum absolute atomic E-state index is 2.58. The molecule has 2 atom stereocenters. The second kappa shape index (κ2) is 4.44. The topological polar surface area (TPSA) is 0 Å². The van der Waals surface area contributed by atoms with Crippen molar-refractivity contribution in [1.29, 1.82) is 0 Å². The molecule has 2 aromatic carbocycles. The van der Waals surface area contributed by atoms with Gasteiger partial charge in [-0.1, -0.05) is 0 Å². The zero-order valence-electron chi connectivity index (χ0n) is 12.9. The van der Waals surface area contributed by atoms with Crippen molar-refractivity contribution >= 4 is 20.2 Å². The van der Waals surface area contributed by atoms with E-state index in [-0.39, 0.29) is 19.2 Å². The monoisotopic (exact) mass is 334 g/mol. The molecule has 0 aromatic heterocycles. The van der Waals surface area contributed by atoms with Gasteiger partial charge in [0, 0.05) is 0 Å². The van der Waals surface area contributed by atoms with E-state index in [9.17, 15) is 0 Å². The third kappa shape index (κ3) is 1.62. The van der Waals surface area contributed by atoms with Crippen LogP contribution in [0.5, 0.6) is 0 Å². The first-order valence-electron chi connectivity index (χ1n) is 8.04. The first-order valence-corrected chi connectivity index (χ1v) is 12.8. The van der Waals surface area contributed by atoms with Crippen LogP contribution >= 0.6 is 0 Å². The summed E-state index contributed by atoms with van der Waals surface area (Å²) >= 11 is -0.0728. The molecule has 0 bridgehead atoms. The fraction of sp³-hybridized carbons (Fsp3) is 0.200. The maximum atomic E-state index is 2.58. The quantitative estimate of drug-likeness (QED) is 0.585. The summed E-state index contributed by atoms with van der Waals surface area (Å²) in [5, 5.41) is 3.62. The Hall–Kier alpha value is -1.15. The molecule has 2 aromatic rings. The van der Waals surface area contributed by atoms with E-state index in [1.54, 1.807) is 11.1 Å². The zero-order chi connectivity index (χ0) is 14.9. The van der Waals surface area contributed by atoms with Crippen molar-refractivity contribution in [3.63, 3.8) is 0 Å². The summed E-state index contributed by atoms with van der Waals surface area (Å²) in [6.45, 7) is 5.15. The SMILES string of the molecule is C[Si]1(C)C2=Cc3ccccc3[CH]2[Ti][CH]2C1=Cc1ccccc12. The van der Waals surface area contributed by atoms with Gasteiger partial charge in [-0.05, 0) is 0 Å². The summed E-state index contributed by atoms with van der Waals surface area (Å²) in [6, 6.07) is 18.2. The molecule has 5 rings (SSSR count). The molecule has 2 aliphatic carbocycles. The van der Waals surface area contributed by atoms with Crippen molar-refractivity contribution in [2.24, 2.45) is 0 Å². The molecule has 1 fully saturated rings. The van der Waals surface area contributed by atoms with Gasteiger partial charge in [0.1, 0.15) is 0 Å². The number of benzene rings is 2. The molecule has 0 N–H and O–H groups in total. The van der Waals surface area contributed by atoms with Crippen LogP contribution in [0.3, 0.4) is 0 Å². The van der Waals surface area contributed by atoms with Gasteiger partial charge in [-0.3, -0.25) is 0 Å². The number of fused-ring (bicyclic) bond motifs is 6. The molecule has 2 unspecified atom stereocenters. The molecular formula is C20H18SiTi. The Morgan fingerprint density at radius 3 is 1.68 bits per heavy atom. The summed E-state index contributed by atoms with van der Waals surface area (Å²) in [4.78, 5) is 0. The summed E-state index contributed by atoms with van der Waals surface area (Å²) < 4.78 is 1.57. The standard InChI is InChI=1S/C20H18Si.Ti/c1-21(2,19-11-15-7-3-4-8-16(15)12-19)20-13-17-9-5-6-10-18(17)14-20;/h3-14H,1-2H3;. The van der Waals surface area contributed by atoms with Gasteiger partial charge in [0.25, 0.3) is 0 Å². The molecule has 0 radical (unpaired) electrons. The summed E-state index contributed by atoms with van der Waals surface area (Å²) in [7, 11) is -1.49. The van der Waals surface area contributed by atoms with E-state index in [2.05, 4.69) is 73.8 Å². The van der Waals surface area contributed by atoms with Crippen molar-refractivity contribution in [2.75, 3.05) is 0 Å². The normalized spacial score (nSPS) is 26.1. The molecule has 0 amide bonds. The van der Waals surface area contributed by atoms with Crippen LogP contribution in [0.1, 0.15) is 30.7 Å². The second-order valence-electron chi connectivity index (χ2n) is 7.11. The summed E-state index contributed by atoms with van der Waals surface area (Å²) in [5.41, 5.74) is 6.25. The van der Waals surface area contributed by atoms with Crippen LogP contribution in [0.15, 0.2) is 58.9 Å². The van der Waals surface area contributed by atoms with Crippen LogP contribution in [0.4, 0.5) is 0 Å². The van der Waals surface area contributed by atoms with Gasteiger partial charge in [0.15, 0.2) is 0 Å². The Morgan fingerprint density at radius 1 is 0.727 bits per heavy atom. The minimum absolute atomic E-state index is 0.0728. The van der Waals surface area contributed by atoms with Crippen molar-refractivity contribution < 1.29 is 19.2 Å². The van der Waals surface area contributed by atoms with Crippen molar-refractivity contribution in [2.45, 2.75) is 21.5 Å². The van der Waals surface area contributed by atoms with E-state index < -0.39 is 8.07 Å². The molecule has 0 nitrogen and oxygen atoms in total. The van der Waals surface area contributed by atoms with Crippen molar-refractivity contribution in [3.05, 3.63) is 81.2 Å². The van der Waals surface area contributed by atoms with E-state index in [1.807, 2.05) is 10.4 Å². The molecule has 2 heteroatoms. The van der Waals surface area contributed by atoms with Gasteiger partial charge in [-0.25, -0.2) is 0 Å². The van der Waals surface area contributed by atoms with Gasteiger partial charge in [-0.2, -0.15) is 0 Å². The zero-order valence-corrected chi connectivity index (χ0v) is 15.5. The van der Waals surface area contributed by atoms with Crippen LogP contribution in [0.25, 0.3) is 12.2 Å². The van der Waals surface area contributed by atoms with Crippen LogP contribution in [0, 0.1) is 0 Å². The van der Waals surface area contributed by atoms with E-state index in [4.69, 9.17) is 0 Å². The fourth-order valence-corrected chi connectivity index (χ4v) is 14.3. The number of allylic oxidation sites excluding steroid dienone is 2. The van der Waals surface area contributed by atoms with Crippen molar-refractivity contribution in [1.82, 2.24) is 0 Å². The molecule has 0 spiro atoms. The first kappa shape index (κ1) is 13.3. The molecular weight excluding hydrogens is 316 g/mol. The third-order valence-corrected chi connectivity index (χ3v) is 13.3. The molecule has 3 aliphatic rings. The predicted molar refractivity (Wildman–Crippen MR) is 91.8 cm³/mol.